The summed E-state index contributed by atoms with van der Waals surface area (Å²) in [5, 5.41) is 0. The molecule has 2 nitrogen and oxygen atoms in total. The fourth-order valence-electron chi connectivity index (χ4n) is 1.55. The standard InChI is InChI=1S/C14H12F3NO/c1-10-5-7-12(8-6-10)19-13-4-2-3-11(18-13)9-14(15,16)17/h2-8H,9H2,1H3. The molecule has 0 aliphatic carbocycles. The first-order valence-electron chi connectivity index (χ1n) is 5.69. The van der Waals surface area contributed by atoms with Crippen molar-refractivity contribution in [1.29, 1.82) is 0 Å². The van der Waals surface area contributed by atoms with Crippen molar-refractivity contribution < 1.29 is 17.9 Å². The summed E-state index contributed by atoms with van der Waals surface area (Å²) in [7, 11) is 0. The van der Waals surface area contributed by atoms with Crippen molar-refractivity contribution in [2.24, 2.45) is 0 Å². The molecule has 0 unspecified atom stereocenters. The van der Waals surface area contributed by atoms with Crippen LogP contribution in [-0.4, -0.2) is 11.2 Å². The maximum atomic E-state index is 12.3. The van der Waals surface area contributed by atoms with Crippen LogP contribution in [0.3, 0.4) is 0 Å². The number of benzene rings is 1. The molecule has 2 rings (SSSR count). The van der Waals surface area contributed by atoms with Crippen molar-refractivity contribution in [3.63, 3.8) is 0 Å². The first-order valence-corrected chi connectivity index (χ1v) is 5.69. The predicted molar refractivity (Wildman–Crippen MR) is 65.2 cm³/mol. The van der Waals surface area contributed by atoms with Crippen molar-refractivity contribution >= 4 is 0 Å². The lowest BCUT2D eigenvalue weighted by molar-refractivity contribution is -0.127. The maximum Gasteiger partial charge on any atom is 0.394 e. The Bertz CT molecular complexity index is 549. The van der Waals surface area contributed by atoms with Gasteiger partial charge in [0.25, 0.3) is 0 Å². The van der Waals surface area contributed by atoms with E-state index in [4.69, 9.17) is 4.74 Å². The Morgan fingerprint density at radius 2 is 1.74 bits per heavy atom. The summed E-state index contributed by atoms with van der Waals surface area (Å²) in [6, 6.07) is 11.6. The van der Waals surface area contributed by atoms with Gasteiger partial charge in [0.05, 0.1) is 12.1 Å². The molecule has 1 aromatic heterocycles. The van der Waals surface area contributed by atoms with E-state index in [9.17, 15) is 13.2 Å². The van der Waals surface area contributed by atoms with Gasteiger partial charge in [-0.1, -0.05) is 23.8 Å². The van der Waals surface area contributed by atoms with Crippen LogP contribution in [0.1, 0.15) is 11.3 Å². The Morgan fingerprint density at radius 1 is 1.05 bits per heavy atom. The van der Waals surface area contributed by atoms with Gasteiger partial charge in [0.2, 0.25) is 5.88 Å². The summed E-state index contributed by atoms with van der Waals surface area (Å²) in [5.41, 5.74) is 1.02. The summed E-state index contributed by atoms with van der Waals surface area (Å²) < 4.78 is 42.2. The molecule has 5 heteroatoms. The first kappa shape index (κ1) is 13.4. The fraction of sp³-hybridized carbons (Fsp3) is 0.214. The molecule has 0 N–H and O–H groups in total. The number of rotatable bonds is 3. The number of aryl methyl sites for hydroxylation is 1. The lowest BCUT2D eigenvalue weighted by Gasteiger charge is -2.08. The van der Waals surface area contributed by atoms with Crippen LogP contribution in [0.15, 0.2) is 42.5 Å². The van der Waals surface area contributed by atoms with E-state index in [1.165, 1.54) is 18.2 Å². The number of alkyl halides is 3. The predicted octanol–water partition coefficient (Wildman–Crippen LogP) is 4.29. The summed E-state index contributed by atoms with van der Waals surface area (Å²) in [6.07, 6.45) is -5.33. The molecule has 0 saturated carbocycles. The number of pyridine rings is 1. The van der Waals surface area contributed by atoms with Crippen LogP contribution in [0.25, 0.3) is 0 Å². The van der Waals surface area contributed by atoms with Crippen molar-refractivity contribution in [3.05, 3.63) is 53.7 Å². The number of aromatic nitrogens is 1. The van der Waals surface area contributed by atoms with Gasteiger partial charge in [-0.05, 0) is 25.1 Å². The Labute approximate surface area is 108 Å². The second kappa shape index (κ2) is 5.30. The Kier molecular flexibility index (Phi) is 3.74. The molecule has 0 bridgehead atoms. The lowest BCUT2D eigenvalue weighted by Crippen LogP contribution is -2.12. The van der Waals surface area contributed by atoms with Crippen molar-refractivity contribution in [1.82, 2.24) is 4.98 Å². The molecule has 0 aliphatic rings. The number of halogens is 3. The monoisotopic (exact) mass is 267 g/mol. The Balaban J connectivity index is 2.13. The molecule has 1 aromatic carbocycles. The van der Waals surface area contributed by atoms with Crippen LogP contribution in [-0.2, 0) is 6.42 Å². The zero-order valence-corrected chi connectivity index (χ0v) is 10.2. The third-order valence-electron chi connectivity index (χ3n) is 2.41. The average Bonchev–Trinajstić information content (AvgIpc) is 2.30. The fourth-order valence-corrected chi connectivity index (χ4v) is 1.55. The number of ether oxygens (including phenoxy) is 1. The van der Waals surface area contributed by atoms with Crippen LogP contribution < -0.4 is 4.74 Å². The lowest BCUT2D eigenvalue weighted by atomic mass is 10.2. The Hall–Kier alpha value is -2.04. The van der Waals surface area contributed by atoms with Crippen molar-refractivity contribution in [3.8, 4) is 11.6 Å². The summed E-state index contributed by atoms with van der Waals surface area (Å²) in [5.74, 6) is 0.702. The zero-order valence-electron chi connectivity index (χ0n) is 10.2. The highest BCUT2D eigenvalue weighted by molar-refractivity contribution is 5.30. The smallest absolute Gasteiger partial charge is 0.394 e. The van der Waals surface area contributed by atoms with Gasteiger partial charge in [-0.15, -0.1) is 0 Å². The highest BCUT2D eigenvalue weighted by Gasteiger charge is 2.28. The van der Waals surface area contributed by atoms with Crippen molar-refractivity contribution in [2.45, 2.75) is 19.5 Å². The topological polar surface area (TPSA) is 22.1 Å². The molecule has 0 spiro atoms. The maximum absolute atomic E-state index is 12.3. The molecule has 100 valence electrons. The zero-order chi connectivity index (χ0) is 13.9. The van der Waals surface area contributed by atoms with Crippen LogP contribution in [0, 0.1) is 6.92 Å². The van der Waals surface area contributed by atoms with Gasteiger partial charge in [-0.2, -0.15) is 13.2 Å². The highest BCUT2D eigenvalue weighted by Crippen LogP contribution is 2.23. The van der Waals surface area contributed by atoms with Crippen LogP contribution in [0.5, 0.6) is 11.6 Å². The van der Waals surface area contributed by atoms with E-state index in [0.29, 0.717) is 5.75 Å². The largest absolute Gasteiger partial charge is 0.439 e. The average molecular weight is 267 g/mol. The van der Waals surface area contributed by atoms with E-state index in [1.807, 2.05) is 19.1 Å². The van der Waals surface area contributed by atoms with Gasteiger partial charge >= 0.3 is 6.18 Å². The van der Waals surface area contributed by atoms with Crippen LogP contribution >= 0.6 is 0 Å². The van der Waals surface area contributed by atoms with Gasteiger partial charge in [0, 0.05) is 6.07 Å². The number of nitrogens with zero attached hydrogens (tertiary/aromatic N) is 1. The molecular formula is C14H12F3NO. The van der Waals surface area contributed by atoms with E-state index in [-0.39, 0.29) is 11.6 Å². The third-order valence-corrected chi connectivity index (χ3v) is 2.41. The minimum atomic E-state index is -4.27. The normalized spacial score (nSPS) is 11.4. The minimum absolute atomic E-state index is 0.0582. The molecule has 0 saturated heterocycles. The van der Waals surface area contributed by atoms with Crippen LogP contribution in [0.4, 0.5) is 13.2 Å². The second-order valence-corrected chi connectivity index (χ2v) is 4.17. The van der Waals surface area contributed by atoms with E-state index >= 15 is 0 Å². The molecule has 0 amide bonds. The molecule has 0 atom stereocenters. The van der Waals surface area contributed by atoms with Gasteiger partial charge < -0.3 is 4.74 Å². The minimum Gasteiger partial charge on any atom is -0.439 e. The quantitative estimate of drug-likeness (QED) is 0.827. The van der Waals surface area contributed by atoms with Gasteiger partial charge in [-0.25, -0.2) is 4.98 Å². The summed E-state index contributed by atoms with van der Waals surface area (Å²) in [6.45, 7) is 1.94. The SMILES string of the molecule is Cc1ccc(Oc2cccc(CC(F)(F)F)n2)cc1. The van der Waals surface area contributed by atoms with Gasteiger partial charge in [-0.3, -0.25) is 0 Å². The van der Waals surface area contributed by atoms with E-state index in [0.717, 1.165) is 5.56 Å². The van der Waals surface area contributed by atoms with Crippen LogP contribution in [0.2, 0.25) is 0 Å². The molecule has 0 aliphatic heterocycles. The van der Waals surface area contributed by atoms with E-state index < -0.39 is 12.6 Å². The Morgan fingerprint density at radius 3 is 2.37 bits per heavy atom. The molecule has 19 heavy (non-hydrogen) atoms. The molecule has 1 heterocycles. The highest BCUT2D eigenvalue weighted by atomic mass is 19.4. The molecule has 0 fully saturated rings. The molecule has 2 aromatic rings. The number of hydrogen-bond donors (Lipinski definition) is 0. The first-order chi connectivity index (χ1) is 8.92. The second-order valence-electron chi connectivity index (χ2n) is 4.17. The third kappa shape index (κ3) is 4.28. The summed E-state index contributed by atoms with van der Waals surface area (Å²) >= 11 is 0. The molecule has 0 radical (unpaired) electrons. The number of hydrogen-bond acceptors (Lipinski definition) is 2. The summed E-state index contributed by atoms with van der Waals surface area (Å²) in [4.78, 5) is 3.83. The van der Waals surface area contributed by atoms with Crippen molar-refractivity contribution in [2.75, 3.05) is 0 Å². The molecular weight excluding hydrogens is 255 g/mol. The van der Waals surface area contributed by atoms with Gasteiger partial charge in [0.15, 0.2) is 0 Å². The van der Waals surface area contributed by atoms with E-state index in [1.54, 1.807) is 12.1 Å². The van der Waals surface area contributed by atoms with Gasteiger partial charge in [0.1, 0.15) is 5.75 Å². The van der Waals surface area contributed by atoms with E-state index in [2.05, 4.69) is 4.98 Å².